The van der Waals surface area contributed by atoms with Crippen LogP contribution in [0.15, 0.2) is 95.9 Å². The standard InChI is InChI=1S/C27H19ClF2N2OS/c1-33-20-11-9-19(10-12-20)32-25-5-3-2-4-24(25)31-27(32)26(22-16-18(29)8-15-23(22)30)34-21-13-6-17(28)7-14-21/h2-16,26H,1H3. The Bertz CT molecular complexity index is 1450. The zero-order valence-corrected chi connectivity index (χ0v) is 19.7. The molecule has 0 aliphatic heterocycles. The van der Waals surface area contributed by atoms with Crippen LogP contribution in [0.4, 0.5) is 8.78 Å². The Morgan fingerprint density at radius 3 is 2.38 bits per heavy atom. The Balaban J connectivity index is 1.74. The number of methoxy groups -OCH3 is 1. The summed E-state index contributed by atoms with van der Waals surface area (Å²) in [5.41, 5.74) is 2.67. The second-order valence-electron chi connectivity index (χ2n) is 7.61. The molecular formula is C27H19ClF2N2OS. The topological polar surface area (TPSA) is 27.1 Å². The van der Waals surface area contributed by atoms with Gasteiger partial charge < -0.3 is 4.74 Å². The van der Waals surface area contributed by atoms with E-state index in [-0.39, 0.29) is 5.56 Å². The lowest BCUT2D eigenvalue weighted by Crippen LogP contribution is -2.09. The minimum atomic E-state index is -0.633. The van der Waals surface area contributed by atoms with Crippen LogP contribution >= 0.6 is 23.4 Å². The summed E-state index contributed by atoms with van der Waals surface area (Å²) in [6.45, 7) is 0. The highest BCUT2D eigenvalue weighted by atomic mass is 35.5. The van der Waals surface area contributed by atoms with Crippen molar-refractivity contribution in [3.05, 3.63) is 119 Å². The summed E-state index contributed by atoms with van der Waals surface area (Å²) in [5, 5.41) is -0.0327. The molecule has 4 aromatic carbocycles. The molecule has 7 heteroatoms. The summed E-state index contributed by atoms with van der Waals surface area (Å²) in [7, 11) is 1.61. The molecule has 0 spiro atoms. The second-order valence-corrected chi connectivity index (χ2v) is 9.22. The third kappa shape index (κ3) is 4.39. The molecular weight excluding hydrogens is 474 g/mol. The van der Waals surface area contributed by atoms with Gasteiger partial charge in [0.05, 0.1) is 23.4 Å². The predicted octanol–water partition coefficient (Wildman–Crippen LogP) is 7.85. The van der Waals surface area contributed by atoms with Gasteiger partial charge in [-0.3, -0.25) is 4.57 Å². The molecule has 0 fully saturated rings. The molecule has 0 aliphatic carbocycles. The molecule has 0 saturated carbocycles. The quantitative estimate of drug-likeness (QED) is 0.226. The Kier molecular flexibility index (Phi) is 6.26. The number of nitrogens with zero attached hydrogens (tertiary/aromatic N) is 2. The van der Waals surface area contributed by atoms with Gasteiger partial charge in [0.25, 0.3) is 0 Å². The van der Waals surface area contributed by atoms with Crippen LogP contribution in [0, 0.1) is 11.6 Å². The number of ether oxygens (including phenoxy) is 1. The van der Waals surface area contributed by atoms with Crippen LogP contribution in [-0.2, 0) is 0 Å². The first-order chi connectivity index (χ1) is 16.5. The zero-order chi connectivity index (χ0) is 23.7. The van der Waals surface area contributed by atoms with Gasteiger partial charge in [-0.25, -0.2) is 13.8 Å². The average Bonchev–Trinajstić information content (AvgIpc) is 3.24. The largest absolute Gasteiger partial charge is 0.497 e. The van der Waals surface area contributed by atoms with E-state index in [9.17, 15) is 4.39 Å². The van der Waals surface area contributed by atoms with Crippen molar-refractivity contribution in [1.29, 1.82) is 0 Å². The van der Waals surface area contributed by atoms with Crippen LogP contribution in [0.1, 0.15) is 16.6 Å². The highest BCUT2D eigenvalue weighted by Crippen LogP contribution is 2.43. The Hall–Kier alpha value is -3.35. The highest BCUT2D eigenvalue weighted by molar-refractivity contribution is 7.99. The number of fused-ring (bicyclic) bond motifs is 1. The van der Waals surface area contributed by atoms with E-state index < -0.39 is 16.9 Å². The molecule has 3 nitrogen and oxygen atoms in total. The van der Waals surface area contributed by atoms with Crippen molar-refractivity contribution in [2.75, 3.05) is 7.11 Å². The monoisotopic (exact) mass is 492 g/mol. The lowest BCUT2D eigenvalue weighted by Gasteiger charge is -2.20. The van der Waals surface area contributed by atoms with Crippen LogP contribution < -0.4 is 4.74 Å². The van der Waals surface area contributed by atoms with Gasteiger partial charge >= 0.3 is 0 Å². The van der Waals surface area contributed by atoms with Crippen LogP contribution in [0.2, 0.25) is 5.02 Å². The number of thioether (sulfide) groups is 1. The molecule has 5 aromatic rings. The number of rotatable bonds is 6. The Morgan fingerprint density at radius 2 is 1.65 bits per heavy atom. The number of hydrogen-bond donors (Lipinski definition) is 0. The maximum Gasteiger partial charge on any atom is 0.132 e. The van der Waals surface area contributed by atoms with Crippen molar-refractivity contribution >= 4 is 34.4 Å². The number of imidazole rings is 1. The zero-order valence-electron chi connectivity index (χ0n) is 18.1. The number of para-hydroxylation sites is 2. The molecule has 0 amide bonds. The fourth-order valence-corrected chi connectivity index (χ4v) is 5.11. The molecule has 0 N–H and O–H groups in total. The van der Waals surface area contributed by atoms with Gasteiger partial charge in [-0.1, -0.05) is 23.7 Å². The highest BCUT2D eigenvalue weighted by Gasteiger charge is 2.27. The van der Waals surface area contributed by atoms with Crippen molar-refractivity contribution < 1.29 is 13.5 Å². The first-order valence-corrected chi connectivity index (χ1v) is 11.8. The second kappa shape index (κ2) is 9.49. The first-order valence-electron chi connectivity index (χ1n) is 10.5. The predicted molar refractivity (Wildman–Crippen MR) is 133 cm³/mol. The fourth-order valence-electron chi connectivity index (χ4n) is 3.84. The SMILES string of the molecule is COc1ccc(-n2c(C(Sc3ccc(Cl)cc3)c3cc(F)ccc3F)nc3ccccc32)cc1. The molecule has 0 aliphatic rings. The van der Waals surface area contributed by atoms with Gasteiger partial charge in [0.15, 0.2) is 0 Å². The van der Waals surface area contributed by atoms with Crippen LogP contribution in [0.3, 0.4) is 0 Å². The fraction of sp³-hybridized carbons (Fsp3) is 0.0741. The minimum Gasteiger partial charge on any atom is -0.497 e. The van der Waals surface area contributed by atoms with E-state index in [1.807, 2.05) is 65.2 Å². The van der Waals surface area contributed by atoms with Crippen LogP contribution in [0.5, 0.6) is 5.75 Å². The van der Waals surface area contributed by atoms with Crippen molar-refractivity contribution in [1.82, 2.24) is 9.55 Å². The van der Waals surface area contributed by atoms with Gasteiger partial charge in [0.2, 0.25) is 0 Å². The van der Waals surface area contributed by atoms with Gasteiger partial charge in [-0.15, -0.1) is 11.8 Å². The van der Waals surface area contributed by atoms with E-state index in [1.54, 1.807) is 19.2 Å². The summed E-state index contributed by atoms with van der Waals surface area (Å²) in [4.78, 5) is 5.74. The Labute approximate surface area is 205 Å². The molecule has 0 saturated heterocycles. The number of hydrogen-bond acceptors (Lipinski definition) is 3. The van der Waals surface area contributed by atoms with Crippen molar-refractivity contribution in [3.8, 4) is 11.4 Å². The number of halogens is 3. The maximum atomic E-state index is 15.1. The summed E-state index contributed by atoms with van der Waals surface area (Å²) in [6, 6.07) is 26.0. The lowest BCUT2D eigenvalue weighted by atomic mass is 10.1. The van der Waals surface area contributed by atoms with Crippen molar-refractivity contribution in [2.45, 2.75) is 10.1 Å². The third-order valence-electron chi connectivity index (χ3n) is 5.46. The molecule has 0 bridgehead atoms. The van der Waals surface area contributed by atoms with E-state index in [0.29, 0.717) is 10.8 Å². The molecule has 0 radical (unpaired) electrons. The number of aromatic nitrogens is 2. The lowest BCUT2D eigenvalue weighted by molar-refractivity contribution is 0.414. The van der Waals surface area contributed by atoms with Gasteiger partial charge in [-0.05, 0) is 78.9 Å². The molecule has 5 rings (SSSR count). The van der Waals surface area contributed by atoms with Crippen LogP contribution in [0.25, 0.3) is 16.7 Å². The molecule has 170 valence electrons. The van der Waals surface area contributed by atoms with E-state index in [2.05, 4.69) is 0 Å². The third-order valence-corrected chi connectivity index (χ3v) is 6.96. The minimum absolute atomic E-state index is 0.213. The van der Waals surface area contributed by atoms with Crippen molar-refractivity contribution in [2.24, 2.45) is 0 Å². The first kappa shape index (κ1) is 22.4. The normalized spacial score (nSPS) is 12.1. The van der Waals surface area contributed by atoms with Gasteiger partial charge in [0, 0.05) is 21.2 Å². The number of benzene rings is 4. The van der Waals surface area contributed by atoms with E-state index in [1.165, 1.54) is 17.8 Å². The van der Waals surface area contributed by atoms with Crippen molar-refractivity contribution in [3.63, 3.8) is 0 Å². The molecule has 1 heterocycles. The summed E-state index contributed by atoms with van der Waals surface area (Å²) < 4.78 is 36.7. The summed E-state index contributed by atoms with van der Waals surface area (Å²) >= 11 is 7.45. The van der Waals surface area contributed by atoms with Gasteiger partial charge in [0.1, 0.15) is 23.2 Å². The van der Waals surface area contributed by atoms with E-state index in [4.69, 9.17) is 21.3 Å². The van der Waals surface area contributed by atoms with E-state index >= 15 is 4.39 Å². The van der Waals surface area contributed by atoms with E-state index in [0.717, 1.165) is 39.5 Å². The van der Waals surface area contributed by atoms with Crippen LogP contribution in [-0.4, -0.2) is 16.7 Å². The molecule has 1 aromatic heterocycles. The molecule has 34 heavy (non-hydrogen) atoms. The Morgan fingerprint density at radius 1 is 0.912 bits per heavy atom. The summed E-state index contributed by atoms with van der Waals surface area (Å²) in [5.74, 6) is 0.292. The smallest absolute Gasteiger partial charge is 0.132 e. The van der Waals surface area contributed by atoms with Gasteiger partial charge in [-0.2, -0.15) is 0 Å². The average molecular weight is 493 g/mol. The molecule has 1 unspecified atom stereocenters. The molecule has 1 atom stereocenters. The summed E-state index contributed by atoms with van der Waals surface area (Å²) in [6.07, 6.45) is 0. The maximum absolute atomic E-state index is 15.1.